The van der Waals surface area contributed by atoms with Gasteiger partial charge >= 0.3 is 30.8 Å². The normalized spacial score (nSPS) is 10.9. The molecule has 0 fully saturated rings. The molecule has 0 radical (unpaired) electrons. The quantitative estimate of drug-likeness (QED) is 0.0436. The molecule has 0 atom stereocenters. The Kier molecular flexibility index (Phi) is 16.7. The fourth-order valence-corrected chi connectivity index (χ4v) is 4.65. The number of hydrazone groups is 1. The Labute approximate surface area is 336 Å². The Morgan fingerprint density at radius 1 is 0.724 bits per heavy atom. The first-order chi connectivity index (χ1) is 27.4. The molecule has 4 aromatic carbocycles. The summed E-state index contributed by atoms with van der Waals surface area (Å²) in [5.74, 6) is -0.474. The van der Waals surface area contributed by atoms with E-state index in [9.17, 15) is 40.7 Å². The fourth-order valence-electron chi connectivity index (χ4n) is 4.26. The van der Waals surface area contributed by atoms with Gasteiger partial charge in [-0.1, -0.05) is 36.4 Å². The first-order valence-corrected chi connectivity index (χ1v) is 16.8. The van der Waals surface area contributed by atoms with Crippen molar-refractivity contribution in [3.05, 3.63) is 119 Å². The number of amides is 4. The summed E-state index contributed by atoms with van der Waals surface area (Å²) in [4.78, 5) is 34.4. The third kappa shape index (κ3) is 16.0. The van der Waals surface area contributed by atoms with Crippen LogP contribution in [0.25, 0.3) is 0 Å². The van der Waals surface area contributed by atoms with Crippen LogP contribution in [0.5, 0.6) is 5.75 Å². The first-order valence-electron chi connectivity index (χ1n) is 16.0. The molecule has 22 heteroatoms. The van der Waals surface area contributed by atoms with Gasteiger partial charge < -0.3 is 30.2 Å². The average Bonchev–Trinajstić information content (AvgIpc) is 3.17. The molecule has 0 aliphatic heterocycles. The summed E-state index contributed by atoms with van der Waals surface area (Å²) in [6, 6.07) is 23.0. The van der Waals surface area contributed by atoms with E-state index in [0.29, 0.717) is 28.1 Å². The topological polar surface area (TPSA) is 187 Å². The highest BCUT2D eigenvalue weighted by atomic mass is 32.1. The number of para-hydroxylation sites is 2. The van der Waals surface area contributed by atoms with Gasteiger partial charge in [0.25, 0.3) is 0 Å². The second kappa shape index (κ2) is 21.3. The van der Waals surface area contributed by atoms with Gasteiger partial charge in [0.05, 0.1) is 48.5 Å². The minimum Gasteiger partial charge on any atom is -0.453 e. The molecular weight excluding hydrogens is 819 g/mol. The van der Waals surface area contributed by atoms with Crippen molar-refractivity contribution in [3.8, 4) is 11.8 Å². The standard InChI is InChI=1S/C24H16F6N4O2.C12H14N4O4S2/c25-23(26,27)18-7-5-17(6-8-18)21(13-15-1-3-16(14-31)4-2-15)33-34-22(35)32-19-9-11-20(12-10-19)36-24(28,29)30;1-19-11(17)15-9(21)13-7-5-3-4-6-8(7)14-10(22)16-12(18)20-2/h1-12H,13H2,(H2,32,34,35);3-6H,1-2H3,(H2,13,15,17,21)(H2,14,16,18,22)/b33-21+;. The van der Waals surface area contributed by atoms with Crippen LogP contribution in [-0.2, 0) is 22.1 Å². The van der Waals surface area contributed by atoms with Crippen molar-refractivity contribution < 1.29 is 54.9 Å². The number of alkyl halides is 6. The lowest BCUT2D eigenvalue weighted by Gasteiger charge is -2.15. The second-order valence-electron chi connectivity index (χ2n) is 10.9. The largest absolute Gasteiger partial charge is 0.573 e. The Morgan fingerprint density at radius 3 is 1.69 bits per heavy atom. The molecular formula is C36H30F6N8O6S2. The third-order valence-corrected chi connectivity index (χ3v) is 7.27. The number of hydrogen-bond acceptors (Lipinski definition) is 10. The number of benzene rings is 4. The van der Waals surface area contributed by atoms with E-state index in [1.807, 2.05) is 6.07 Å². The molecule has 4 rings (SSSR count). The number of rotatable bonds is 8. The van der Waals surface area contributed by atoms with E-state index < -0.39 is 42.1 Å². The molecule has 0 spiro atoms. The number of nitrogens with zero attached hydrogens (tertiary/aromatic N) is 2. The van der Waals surface area contributed by atoms with Crippen molar-refractivity contribution in [2.24, 2.45) is 5.10 Å². The van der Waals surface area contributed by atoms with E-state index in [-0.39, 0.29) is 28.0 Å². The summed E-state index contributed by atoms with van der Waals surface area (Å²) < 4.78 is 88.1. The zero-order valence-corrected chi connectivity index (χ0v) is 31.5. The fraction of sp³-hybridized carbons (Fsp3) is 0.139. The lowest BCUT2D eigenvalue weighted by molar-refractivity contribution is -0.274. The predicted octanol–water partition coefficient (Wildman–Crippen LogP) is 8.04. The van der Waals surface area contributed by atoms with Gasteiger partial charge in [-0.05, 0) is 96.2 Å². The number of carbonyl (C=O) groups is 3. The molecule has 0 heterocycles. The lowest BCUT2D eigenvalue weighted by atomic mass is 10.0. The van der Waals surface area contributed by atoms with Gasteiger partial charge in [0.2, 0.25) is 0 Å². The lowest BCUT2D eigenvalue weighted by Crippen LogP contribution is -2.35. The van der Waals surface area contributed by atoms with E-state index in [1.165, 1.54) is 38.5 Å². The van der Waals surface area contributed by atoms with Crippen LogP contribution in [0.4, 0.5) is 57.8 Å². The van der Waals surface area contributed by atoms with E-state index in [0.717, 1.165) is 24.3 Å². The average molecular weight is 849 g/mol. The minimum absolute atomic E-state index is 0.0490. The van der Waals surface area contributed by atoms with Crippen LogP contribution in [0.3, 0.4) is 0 Å². The van der Waals surface area contributed by atoms with Gasteiger partial charge in [0.15, 0.2) is 10.2 Å². The summed E-state index contributed by atoms with van der Waals surface area (Å²) >= 11 is 9.93. The number of halogens is 6. The van der Waals surface area contributed by atoms with Crippen LogP contribution in [0.1, 0.15) is 22.3 Å². The molecule has 0 aliphatic carbocycles. The number of anilines is 3. The number of methoxy groups -OCH3 is 2. The van der Waals surface area contributed by atoms with Crippen molar-refractivity contribution in [2.45, 2.75) is 19.0 Å². The molecule has 58 heavy (non-hydrogen) atoms. The summed E-state index contributed by atoms with van der Waals surface area (Å²) in [7, 11) is 2.45. The number of ether oxygens (including phenoxy) is 3. The van der Waals surface area contributed by atoms with Crippen LogP contribution in [0.15, 0.2) is 102 Å². The first kappa shape index (κ1) is 45.4. The smallest absolute Gasteiger partial charge is 0.453 e. The number of hydrogen-bond donors (Lipinski definition) is 6. The van der Waals surface area contributed by atoms with E-state index in [4.69, 9.17) is 29.7 Å². The van der Waals surface area contributed by atoms with Gasteiger partial charge in [0, 0.05) is 12.1 Å². The van der Waals surface area contributed by atoms with Crippen molar-refractivity contribution in [1.29, 1.82) is 5.26 Å². The number of alkyl carbamates (subject to hydrolysis) is 2. The Bertz CT molecular complexity index is 2100. The Hall–Kier alpha value is -6.99. The van der Waals surface area contributed by atoms with Gasteiger partial charge in [-0.25, -0.2) is 19.8 Å². The second-order valence-corrected chi connectivity index (χ2v) is 11.8. The maximum atomic E-state index is 12.9. The summed E-state index contributed by atoms with van der Waals surface area (Å²) in [6.07, 6.45) is -10.6. The van der Waals surface area contributed by atoms with E-state index >= 15 is 0 Å². The van der Waals surface area contributed by atoms with Gasteiger partial charge in [-0.15, -0.1) is 13.2 Å². The van der Waals surface area contributed by atoms with Gasteiger partial charge in [0.1, 0.15) is 5.75 Å². The van der Waals surface area contributed by atoms with Crippen molar-refractivity contribution >= 4 is 75.7 Å². The van der Waals surface area contributed by atoms with E-state index in [2.05, 4.69) is 51.3 Å². The van der Waals surface area contributed by atoms with Gasteiger partial charge in [-0.2, -0.15) is 23.5 Å². The number of nitriles is 1. The van der Waals surface area contributed by atoms with Crippen molar-refractivity contribution in [2.75, 3.05) is 30.2 Å². The highest BCUT2D eigenvalue weighted by Gasteiger charge is 2.31. The van der Waals surface area contributed by atoms with Crippen molar-refractivity contribution in [3.63, 3.8) is 0 Å². The number of urea groups is 1. The summed E-state index contributed by atoms with van der Waals surface area (Å²) in [6.45, 7) is 0. The summed E-state index contributed by atoms with van der Waals surface area (Å²) in [5.41, 5.74) is 4.20. The highest BCUT2D eigenvalue weighted by Crippen LogP contribution is 2.29. The SMILES string of the molecule is COC(=O)NC(=S)Nc1ccccc1NC(=S)NC(=O)OC.N#Cc1ccc(C/C(=N\NC(=O)Nc2ccc(OC(F)(F)F)cc2)c2ccc(C(F)(F)F)cc2)cc1. The number of nitrogens with one attached hydrogen (secondary N) is 6. The van der Waals surface area contributed by atoms with E-state index in [1.54, 1.807) is 48.5 Å². The molecule has 0 aliphatic rings. The number of carbonyl (C=O) groups excluding carboxylic acids is 3. The molecule has 4 aromatic rings. The Morgan fingerprint density at radius 2 is 1.24 bits per heavy atom. The molecule has 14 nitrogen and oxygen atoms in total. The number of thiocarbonyl (C=S) groups is 2. The predicted molar refractivity (Wildman–Crippen MR) is 208 cm³/mol. The Balaban J connectivity index is 0.000000351. The molecule has 0 saturated heterocycles. The van der Waals surface area contributed by atoms with Crippen molar-refractivity contribution in [1.82, 2.24) is 16.1 Å². The van der Waals surface area contributed by atoms with Crippen LogP contribution < -0.4 is 36.7 Å². The zero-order chi connectivity index (χ0) is 42.9. The third-order valence-electron chi connectivity index (χ3n) is 6.86. The van der Waals surface area contributed by atoms with Crippen LogP contribution in [0, 0.1) is 11.3 Å². The molecule has 4 amide bonds. The highest BCUT2D eigenvalue weighted by molar-refractivity contribution is 7.80. The maximum absolute atomic E-state index is 12.9. The molecule has 6 N–H and O–H groups in total. The maximum Gasteiger partial charge on any atom is 0.573 e. The minimum atomic E-state index is -4.86. The molecule has 0 unspecified atom stereocenters. The molecule has 0 saturated carbocycles. The molecule has 304 valence electrons. The van der Waals surface area contributed by atoms with Crippen LogP contribution >= 0.6 is 24.4 Å². The zero-order valence-electron chi connectivity index (χ0n) is 29.9. The van der Waals surface area contributed by atoms with Gasteiger partial charge in [-0.3, -0.25) is 10.6 Å². The monoisotopic (exact) mass is 848 g/mol. The van der Waals surface area contributed by atoms with Crippen LogP contribution in [-0.4, -0.2) is 54.7 Å². The van der Waals surface area contributed by atoms with Crippen LogP contribution in [0.2, 0.25) is 0 Å². The summed E-state index contributed by atoms with van der Waals surface area (Å²) in [5, 5.41) is 25.6. The molecule has 0 aromatic heterocycles. The molecule has 0 bridgehead atoms.